The molecule has 0 fully saturated rings. The van der Waals surface area contributed by atoms with Gasteiger partial charge < -0.3 is 20.1 Å². The molecule has 2 amide bonds. The largest absolute Gasteiger partial charge is 0.494 e. The van der Waals surface area contributed by atoms with Crippen LogP contribution in [0.3, 0.4) is 0 Å². The van der Waals surface area contributed by atoms with Gasteiger partial charge in [0.2, 0.25) is 0 Å². The van der Waals surface area contributed by atoms with Crippen LogP contribution in [0.15, 0.2) is 54.6 Å². The second-order valence-corrected chi connectivity index (χ2v) is 4.19. The number of hydrogen-bond donors (Lipinski definition) is 2. The monoisotopic (exact) mass is 286 g/mol. The molecule has 2 aromatic rings. The number of benzene rings is 2. The van der Waals surface area contributed by atoms with Crippen molar-refractivity contribution in [3.05, 3.63) is 54.6 Å². The molecule has 0 heterocycles. The molecule has 0 aliphatic rings. The van der Waals surface area contributed by atoms with Crippen molar-refractivity contribution in [2.45, 2.75) is 6.92 Å². The maximum absolute atomic E-state index is 11.6. The van der Waals surface area contributed by atoms with Crippen LogP contribution in [0.1, 0.15) is 6.92 Å². The molecular weight excluding hydrogens is 268 g/mol. The predicted molar refractivity (Wildman–Crippen MR) is 81.7 cm³/mol. The van der Waals surface area contributed by atoms with Crippen LogP contribution < -0.4 is 20.1 Å². The molecule has 5 heteroatoms. The van der Waals surface area contributed by atoms with Gasteiger partial charge in [-0.05, 0) is 43.3 Å². The molecule has 110 valence electrons. The maximum Gasteiger partial charge on any atom is 0.321 e. The Labute approximate surface area is 123 Å². The smallest absolute Gasteiger partial charge is 0.321 e. The molecule has 2 N–H and O–H groups in total. The highest BCUT2D eigenvalue weighted by Crippen LogP contribution is 2.17. The molecule has 5 nitrogen and oxygen atoms in total. The molecule has 0 saturated heterocycles. The number of urea groups is 1. The van der Waals surface area contributed by atoms with Crippen LogP contribution >= 0.6 is 0 Å². The van der Waals surface area contributed by atoms with Crippen molar-refractivity contribution in [2.75, 3.05) is 18.7 Å². The topological polar surface area (TPSA) is 59.6 Å². The van der Waals surface area contributed by atoms with Crippen LogP contribution in [0.4, 0.5) is 10.5 Å². The van der Waals surface area contributed by atoms with Crippen LogP contribution in [0.5, 0.6) is 11.5 Å². The maximum atomic E-state index is 11.6. The number of nitrogens with one attached hydrogen (secondary N) is 2. The standard InChI is InChI=1S/C16H18N2O3/c1-2-20-14-8-10-15(11-9-14)21-12-17-16(19)18-13-6-4-3-5-7-13/h3-11H,2,12H2,1H3,(H2,17,18,19). The minimum Gasteiger partial charge on any atom is -0.494 e. The van der Waals surface area contributed by atoms with Crippen LogP contribution in [0, 0.1) is 0 Å². The van der Waals surface area contributed by atoms with Crippen LogP contribution in [-0.4, -0.2) is 19.4 Å². The molecular formula is C16H18N2O3. The van der Waals surface area contributed by atoms with E-state index in [2.05, 4.69) is 10.6 Å². The summed E-state index contributed by atoms with van der Waals surface area (Å²) in [5.41, 5.74) is 0.732. The summed E-state index contributed by atoms with van der Waals surface area (Å²) >= 11 is 0. The number of hydrogen-bond acceptors (Lipinski definition) is 3. The van der Waals surface area contributed by atoms with Gasteiger partial charge in [-0.3, -0.25) is 0 Å². The molecule has 2 aromatic carbocycles. The Balaban J connectivity index is 1.72. The summed E-state index contributed by atoms with van der Waals surface area (Å²) < 4.78 is 10.8. The van der Waals surface area contributed by atoms with E-state index in [1.54, 1.807) is 12.1 Å². The van der Waals surface area contributed by atoms with Gasteiger partial charge in [0.05, 0.1) is 6.61 Å². The lowest BCUT2D eigenvalue weighted by Crippen LogP contribution is -2.31. The first-order valence-corrected chi connectivity index (χ1v) is 6.73. The number of para-hydroxylation sites is 1. The van der Waals surface area contributed by atoms with Gasteiger partial charge in [0.15, 0.2) is 6.73 Å². The van der Waals surface area contributed by atoms with E-state index in [0.29, 0.717) is 12.4 Å². The summed E-state index contributed by atoms with van der Waals surface area (Å²) in [6.07, 6.45) is 0. The van der Waals surface area contributed by atoms with E-state index in [1.807, 2.05) is 49.4 Å². The normalized spacial score (nSPS) is 9.76. The van der Waals surface area contributed by atoms with E-state index in [0.717, 1.165) is 11.4 Å². The minimum atomic E-state index is -0.313. The van der Waals surface area contributed by atoms with Gasteiger partial charge >= 0.3 is 6.03 Å². The molecule has 0 bridgehead atoms. The van der Waals surface area contributed by atoms with Crippen LogP contribution in [-0.2, 0) is 0 Å². The Morgan fingerprint density at radius 3 is 2.19 bits per heavy atom. The van der Waals surface area contributed by atoms with Crippen molar-refractivity contribution in [2.24, 2.45) is 0 Å². The zero-order valence-corrected chi connectivity index (χ0v) is 11.8. The van der Waals surface area contributed by atoms with E-state index < -0.39 is 0 Å². The Morgan fingerprint density at radius 1 is 0.952 bits per heavy atom. The quantitative estimate of drug-likeness (QED) is 0.801. The van der Waals surface area contributed by atoms with Gasteiger partial charge in [-0.1, -0.05) is 18.2 Å². The summed E-state index contributed by atoms with van der Waals surface area (Å²) in [6, 6.07) is 16.1. The van der Waals surface area contributed by atoms with Crippen molar-refractivity contribution in [1.29, 1.82) is 0 Å². The number of carbonyl (C=O) groups is 1. The molecule has 0 aliphatic heterocycles. The van der Waals surface area contributed by atoms with Gasteiger partial charge in [0, 0.05) is 5.69 Å². The number of rotatable bonds is 6. The van der Waals surface area contributed by atoms with Crippen molar-refractivity contribution < 1.29 is 14.3 Å². The summed E-state index contributed by atoms with van der Waals surface area (Å²) in [7, 11) is 0. The second-order valence-electron chi connectivity index (χ2n) is 4.19. The van der Waals surface area contributed by atoms with E-state index in [4.69, 9.17) is 9.47 Å². The van der Waals surface area contributed by atoms with Crippen molar-refractivity contribution in [3.63, 3.8) is 0 Å². The first kappa shape index (κ1) is 14.7. The Morgan fingerprint density at radius 2 is 1.57 bits per heavy atom. The number of amides is 2. The molecule has 2 rings (SSSR count). The highest BCUT2D eigenvalue weighted by atomic mass is 16.5. The molecule has 0 atom stereocenters. The first-order chi connectivity index (χ1) is 10.3. The minimum absolute atomic E-state index is 0.0899. The third-order valence-corrected chi connectivity index (χ3v) is 2.64. The molecule has 0 spiro atoms. The van der Waals surface area contributed by atoms with Gasteiger partial charge in [0.1, 0.15) is 11.5 Å². The molecule has 0 unspecified atom stereocenters. The SMILES string of the molecule is CCOc1ccc(OCNC(=O)Nc2ccccc2)cc1. The van der Waals surface area contributed by atoms with E-state index in [9.17, 15) is 4.79 Å². The third kappa shape index (κ3) is 5.06. The van der Waals surface area contributed by atoms with Crippen LogP contribution in [0.25, 0.3) is 0 Å². The fourth-order valence-corrected chi connectivity index (χ4v) is 1.68. The van der Waals surface area contributed by atoms with Gasteiger partial charge in [-0.15, -0.1) is 0 Å². The first-order valence-electron chi connectivity index (χ1n) is 6.73. The van der Waals surface area contributed by atoms with Crippen molar-refractivity contribution >= 4 is 11.7 Å². The summed E-state index contributed by atoms with van der Waals surface area (Å²) in [6.45, 7) is 2.65. The van der Waals surface area contributed by atoms with Crippen molar-refractivity contribution in [1.82, 2.24) is 5.32 Å². The molecule has 0 aromatic heterocycles. The van der Waals surface area contributed by atoms with Gasteiger partial charge in [0.25, 0.3) is 0 Å². The fourth-order valence-electron chi connectivity index (χ4n) is 1.68. The second kappa shape index (κ2) is 7.79. The Kier molecular flexibility index (Phi) is 5.46. The lowest BCUT2D eigenvalue weighted by molar-refractivity contribution is 0.234. The Bertz CT molecular complexity index is 555. The molecule has 0 radical (unpaired) electrons. The van der Waals surface area contributed by atoms with E-state index in [-0.39, 0.29) is 12.8 Å². The highest BCUT2D eigenvalue weighted by Gasteiger charge is 2.01. The van der Waals surface area contributed by atoms with Gasteiger partial charge in [-0.25, -0.2) is 4.79 Å². The third-order valence-electron chi connectivity index (χ3n) is 2.64. The summed E-state index contributed by atoms with van der Waals surface area (Å²) in [5, 5.41) is 5.32. The van der Waals surface area contributed by atoms with Crippen molar-refractivity contribution in [3.8, 4) is 11.5 Å². The predicted octanol–water partition coefficient (Wildman–Crippen LogP) is 3.24. The highest BCUT2D eigenvalue weighted by molar-refractivity contribution is 5.89. The molecule has 0 saturated carbocycles. The zero-order chi connectivity index (χ0) is 14.9. The zero-order valence-electron chi connectivity index (χ0n) is 11.8. The van der Waals surface area contributed by atoms with E-state index >= 15 is 0 Å². The van der Waals surface area contributed by atoms with Gasteiger partial charge in [-0.2, -0.15) is 0 Å². The molecule has 0 aliphatic carbocycles. The lowest BCUT2D eigenvalue weighted by atomic mass is 10.3. The number of carbonyl (C=O) groups excluding carboxylic acids is 1. The average molecular weight is 286 g/mol. The van der Waals surface area contributed by atoms with Crippen LogP contribution in [0.2, 0.25) is 0 Å². The lowest BCUT2D eigenvalue weighted by Gasteiger charge is -2.10. The number of anilines is 1. The average Bonchev–Trinajstić information content (AvgIpc) is 2.50. The molecule has 21 heavy (non-hydrogen) atoms. The number of ether oxygens (including phenoxy) is 2. The van der Waals surface area contributed by atoms with E-state index in [1.165, 1.54) is 0 Å². The summed E-state index contributed by atoms with van der Waals surface area (Å²) in [5.74, 6) is 1.46. The fraction of sp³-hybridized carbons (Fsp3) is 0.188. The Hall–Kier alpha value is -2.69. The summed E-state index contributed by atoms with van der Waals surface area (Å²) in [4.78, 5) is 11.6.